The van der Waals surface area contributed by atoms with Crippen molar-refractivity contribution in [1.29, 1.82) is 0 Å². The maximum atomic E-state index is 13.0. The van der Waals surface area contributed by atoms with Crippen LogP contribution < -0.4 is 0 Å². The number of ketones is 1. The second-order valence-corrected chi connectivity index (χ2v) is 4.44. The van der Waals surface area contributed by atoms with Crippen molar-refractivity contribution in [3.63, 3.8) is 0 Å². The summed E-state index contributed by atoms with van der Waals surface area (Å²) in [7, 11) is 1.24. The molecule has 90 valence electrons. The molecule has 0 amide bonds. The molecule has 0 bridgehead atoms. The fourth-order valence-corrected chi connectivity index (χ4v) is 1.94. The van der Waals surface area contributed by atoms with Gasteiger partial charge in [0.1, 0.15) is 11.2 Å². The Hall–Kier alpha value is -1.42. The van der Waals surface area contributed by atoms with Crippen molar-refractivity contribution in [2.75, 3.05) is 7.11 Å². The Labute approximate surface area is 103 Å². The monoisotopic (exact) mass is 256 g/mol. The van der Waals surface area contributed by atoms with E-state index in [0.717, 1.165) is 6.07 Å². The molecule has 1 saturated carbocycles. The molecular formula is C12H10ClFO3. The van der Waals surface area contributed by atoms with E-state index in [1.807, 2.05) is 0 Å². The number of rotatable bonds is 3. The van der Waals surface area contributed by atoms with Gasteiger partial charge in [-0.3, -0.25) is 9.59 Å². The zero-order valence-electron chi connectivity index (χ0n) is 9.13. The minimum absolute atomic E-state index is 0.128. The highest BCUT2D eigenvalue weighted by molar-refractivity contribution is 6.31. The molecule has 0 aliphatic heterocycles. The molecule has 1 fully saturated rings. The fraction of sp³-hybridized carbons (Fsp3) is 0.333. The number of methoxy groups -OCH3 is 1. The molecule has 1 aromatic rings. The van der Waals surface area contributed by atoms with Crippen molar-refractivity contribution in [3.8, 4) is 0 Å². The first kappa shape index (κ1) is 12.0. The number of carbonyl (C=O) groups is 2. The summed E-state index contributed by atoms with van der Waals surface area (Å²) < 4.78 is 17.6. The summed E-state index contributed by atoms with van der Waals surface area (Å²) in [5.74, 6) is -1.49. The lowest BCUT2D eigenvalue weighted by atomic mass is 9.95. The van der Waals surface area contributed by atoms with Crippen LogP contribution in [0, 0.1) is 11.2 Å². The van der Waals surface area contributed by atoms with Gasteiger partial charge in [0.25, 0.3) is 0 Å². The summed E-state index contributed by atoms with van der Waals surface area (Å²) in [6.45, 7) is 0. The summed E-state index contributed by atoms with van der Waals surface area (Å²) in [5, 5.41) is -0.128. The lowest BCUT2D eigenvalue weighted by Gasteiger charge is -2.11. The molecule has 3 nitrogen and oxygen atoms in total. The summed E-state index contributed by atoms with van der Waals surface area (Å²) in [6.07, 6.45) is 0.932. The van der Waals surface area contributed by atoms with E-state index in [1.54, 1.807) is 0 Å². The highest BCUT2D eigenvalue weighted by Crippen LogP contribution is 2.49. The van der Waals surface area contributed by atoms with Gasteiger partial charge in [-0.1, -0.05) is 11.6 Å². The predicted molar refractivity (Wildman–Crippen MR) is 59.4 cm³/mol. The van der Waals surface area contributed by atoms with E-state index in [9.17, 15) is 14.0 Å². The van der Waals surface area contributed by atoms with Gasteiger partial charge in [-0.15, -0.1) is 0 Å². The van der Waals surface area contributed by atoms with Gasteiger partial charge in [-0.25, -0.2) is 4.39 Å². The van der Waals surface area contributed by atoms with Crippen LogP contribution in [-0.4, -0.2) is 18.9 Å². The normalized spacial score (nSPS) is 16.4. The van der Waals surface area contributed by atoms with E-state index in [-0.39, 0.29) is 16.4 Å². The number of carbonyl (C=O) groups excluding carboxylic acids is 2. The minimum atomic E-state index is -1.07. The van der Waals surface area contributed by atoms with Crippen LogP contribution in [-0.2, 0) is 9.53 Å². The smallest absolute Gasteiger partial charge is 0.319 e. The second-order valence-electron chi connectivity index (χ2n) is 4.03. The molecule has 0 aromatic heterocycles. The maximum absolute atomic E-state index is 13.0. The van der Waals surface area contributed by atoms with Crippen molar-refractivity contribution in [2.24, 2.45) is 5.41 Å². The molecule has 0 atom stereocenters. The van der Waals surface area contributed by atoms with Crippen molar-refractivity contribution >= 4 is 23.4 Å². The number of ether oxygens (including phenoxy) is 1. The summed E-state index contributed by atoms with van der Waals surface area (Å²) in [6, 6.07) is 3.68. The average Bonchev–Trinajstić information content (AvgIpc) is 3.12. The van der Waals surface area contributed by atoms with Crippen LogP contribution in [0.15, 0.2) is 18.2 Å². The van der Waals surface area contributed by atoms with E-state index in [2.05, 4.69) is 4.74 Å². The molecule has 0 heterocycles. The van der Waals surface area contributed by atoms with Crippen LogP contribution in [0.5, 0.6) is 0 Å². The highest BCUT2D eigenvalue weighted by atomic mass is 35.5. The molecule has 0 spiro atoms. The highest BCUT2D eigenvalue weighted by Gasteiger charge is 2.57. The second kappa shape index (κ2) is 4.11. The van der Waals surface area contributed by atoms with Crippen molar-refractivity contribution in [2.45, 2.75) is 12.8 Å². The van der Waals surface area contributed by atoms with Crippen molar-refractivity contribution in [3.05, 3.63) is 34.6 Å². The van der Waals surface area contributed by atoms with Gasteiger partial charge in [0.2, 0.25) is 0 Å². The molecule has 2 rings (SSSR count). The number of benzene rings is 1. The molecule has 1 aliphatic rings. The van der Waals surface area contributed by atoms with Crippen LogP contribution in [0.2, 0.25) is 5.02 Å². The lowest BCUT2D eigenvalue weighted by molar-refractivity contribution is -0.145. The van der Waals surface area contributed by atoms with E-state index in [4.69, 9.17) is 11.6 Å². The Balaban J connectivity index is 2.32. The van der Waals surface area contributed by atoms with Gasteiger partial charge < -0.3 is 4.74 Å². The molecule has 0 N–H and O–H groups in total. The van der Waals surface area contributed by atoms with Crippen LogP contribution in [0.25, 0.3) is 0 Å². The first-order valence-corrected chi connectivity index (χ1v) is 5.47. The largest absolute Gasteiger partial charge is 0.468 e. The quantitative estimate of drug-likeness (QED) is 0.474. The SMILES string of the molecule is COC(=O)C1(C(=O)c2ccc(F)c(Cl)c2)CC1. The Morgan fingerprint density at radius 2 is 2.06 bits per heavy atom. The number of hydrogen-bond donors (Lipinski definition) is 0. The molecule has 5 heteroatoms. The zero-order valence-corrected chi connectivity index (χ0v) is 9.88. The Morgan fingerprint density at radius 3 is 2.53 bits per heavy atom. The minimum Gasteiger partial charge on any atom is -0.468 e. The summed E-state index contributed by atoms with van der Waals surface area (Å²) in [5.41, 5.74) is -0.838. The summed E-state index contributed by atoms with van der Waals surface area (Å²) in [4.78, 5) is 23.6. The first-order valence-electron chi connectivity index (χ1n) is 5.09. The van der Waals surface area contributed by atoms with E-state index < -0.39 is 17.2 Å². The van der Waals surface area contributed by atoms with E-state index >= 15 is 0 Å². The van der Waals surface area contributed by atoms with Gasteiger partial charge in [-0.2, -0.15) is 0 Å². The molecule has 0 saturated heterocycles. The average molecular weight is 257 g/mol. The number of Topliss-reactive ketones (excluding diaryl/α,β-unsaturated/α-hetero) is 1. The summed E-state index contributed by atoms with van der Waals surface area (Å²) >= 11 is 5.60. The van der Waals surface area contributed by atoms with Crippen LogP contribution in [0.4, 0.5) is 4.39 Å². The lowest BCUT2D eigenvalue weighted by Crippen LogP contribution is -2.27. The van der Waals surface area contributed by atoms with E-state index in [1.165, 1.54) is 19.2 Å². The fourth-order valence-electron chi connectivity index (χ4n) is 1.76. The van der Waals surface area contributed by atoms with Gasteiger partial charge in [0.15, 0.2) is 5.78 Å². The molecule has 0 unspecified atom stereocenters. The molecule has 17 heavy (non-hydrogen) atoms. The Morgan fingerprint density at radius 1 is 1.41 bits per heavy atom. The Bertz CT molecular complexity index is 495. The Kier molecular flexibility index (Phi) is 2.91. The van der Waals surface area contributed by atoms with Gasteiger partial charge >= 0.3 is 5.97 Å². The third kappa shape index (κ3) is 1.93. The predicted octanol–water partition coefficient (Wildman–Crippen LogP) is 2.62. The third-order valence-corrected chi connectivity index (χ3v) is 3.23. The van der Waals surface area contributed by atoms with Gasteiger partial charge in [-0.05, 0) is 31.0 Å². The molecule has 1 aromatic carbocycles. The number of halogens is 2. The van der Waals surface area contributed by atoms with Crippen LogP contribution >= 0.6 is 11.6 Å². The first-order chi connectivity index (χ1) is 8.01. The standard InChI is InChI=1S/C12H10ClFO3/c1-17-11(16)12(4-5-12)10(15)7-2-3-9(14)8(13)6-7/h2-3,6H,4-5H2,1H3. The maximum Gasteiger partial charge on any atom is 0.319 e. The van der Waals surface area contributed by atoms with E-state index in [0.29, 0.717) is 12.8 Å². The number of esters is 1. The molecule has 0 radical (unpaired) electrons. The van der Waals surface area contributed by atoms with Gasteiger partial charge in [0.05, 0.1) is 12.1 Å². The number of hydrogen-bond acceptors (Lipinski definition) is 3. The van der Waals surface area contributed by atoms with Crippen molar-refractivity contribution in [1.82, 2.24) is 0 Å². The van der Waals surface area contributed by atoms with Gasteiger partial charge in [0, 0.05) is 5.56 Å². The van der Waals surface area contributed by atoms with Crippen LogP contribution in [0.3, 0.4) is 0 Å². The van der Waals surface area contributed by atoms with Crippen molar-refractivity contribution < 1.29 is 18.7 Å². The van der Waals surface area contributed by atoms with Crippen LogP contribution in [0.1, 0.15) is 23.2 Å². The third-order valence-electron chi connectivity index (χ3n) is 2.94. The zero-order chi connectivity index (χ0) is 12.6. The molecular weight excluding hydrogens is 247 g/mol. The topological polar surface area (TPSA) is 43.4 Å². The molecule has 1 aliphatic carbocycles.